The van der Waals surface area contributed by atoms with Gasteiger partial charge in [0.2, 0.25) is 0 Å². The molecule has 2 aromatic rings. The molecule has 0 aromatic heterocycles. The zero-order valence-corrected chi connectivity index (χ0v) is 16.0. The van der Waals surface area contributed by atoms with Crippen LogP contribution in [0.1, 0.15) is 30.5 Å². The largest absolute Gasteiger partial charge is 0.483 e. The summed E-state index contributed by atoms with van der Waals surface area (Å²) in [4.78, 5) is 14.1. The van der Waals surface area contributed by atoms with Gasteiger partial charge in [-0.15, -0.1) is 0 Å². The van der Waals surface area contributed by atoms with Gasteiger partial charge in [0, 0.05) is 18.8 Å². The molecule has 5 heteroatoms. The van der Waals surface area contributed by atoms with Crippen LogP contribution in [-0.4, -0.2) is 31.8 Å². The zero-order valence-electron chi connectivity index (χ0n) is 16.0. The lowest BCUT2D eigenvalue weighted by Crippen LogP contribution is -2.24. The quantitative estimate of drug-likeness (QED) is 0.582. The van der Waals surface area contributed by atoms with Gasteiger partial charge in [0.1, 0.15) is 5.75 Å². The predicted octanol–water partition coefficient (Wildman–Crippen LogP) is 3.68. The normalized spacial score (nSPS) is 10.8. The summed E-state index contributed by atoms with van der Waals surface area (Å²) in [7, 11) is 0. The highest BCUT2D eigenvalue weighted by molar-refractivity contribution is 5.83. The van der Waals surface area contributed by atoms with Crippen LogP contribution in [0.4, 0.5) is 5.69 Å². The smallest absolute Gasteiger partial charge is 0.277 e. The SMILES string of the molecule is CCN(CC)c1ccc(C=NNC(=O)COc2ccc(C)cc2C)cc1. The number of carbonyl (C=O) groups is 1. The summed E-state index contributed by atoms with van der Waals surface area (Å²) < 4.78 is 5.53. The number of carbonyl (C=O) groups excluding carboxylic acids is 1. The van der Waals surface area contributed by atoms with Gasteiger partial charge < -0.3 is 9.64 Å². The lowest BCUT2D eigenvalue weighted by Gasteiger charge is -2.20. The number of hydrogen-bond acceptors (Lipinski definition) is 4. The molecule has 0 aliphatic rings. The van der Waals surface area contributed by atoms with Gasteiger partial charge in [-0.3, -0.25) is 4.79 Å². The first kappa shape index (κ1) is 19.5. The van der Waals surface area contributed by atoms with Crippen molar-refractivity contribution in [1.82, 2.24) is 5.43 Å². The molecule has 0 fully saturated rings. The van der Waals surface area contributed by atoms with E-state index >= 15 is 0 Å². The third-order valence-electron chi connectivity index (χ3n) is 4.11. The molecule has 0 radical (unpaired) electrons. The Kier molecular flexibility index (Phi) is 7.21. The molecule has 2 rings (SSSR count). The van der Waals surface area contributed by atoms with E-state index in [0.29, 0.717) is 5.75 Å². The highest BCUT2D eigenvalue weighted by Crippen LogP contribution is 2.18. The van der Waals surface area contributed by atoms with E-state index in [9.17, 15) is 4.79 Å². The molecule has 0 heterocycles. The van der Waals surface area contributed by atoms with E-state index in [0.717, 1.165) is 29.8 Å². The predicted molar refractivity (Wildman–Crippen MR) is 107 cm³/mol. The Morgan fingerprint density at radius 1 is 1.12 bits per heavy atom. The molecule has 0 saturated heterocycles. The third-order valence-corrected chi connectivity index (χ3v) is 4.11. The van der Waals surface area contributed by atoms with Crippen molar-refractivity contribution in [3.8, 4) is 5.75 Å². The number of benzene rings is 2. The number of hydrazone groups is 1. The van der Waals surface area contributed by atoms with Gasteiger partial charge >= 0.3 is 0 Å². The van der Waals surface area contributed by atoms with E-state index in [1.54, 1.807) is 6.21 Å². The fraction of sp³-hybridized carbons (Fsp3) is 0.333. The molecule has 0 bridgehead atoms. The Balaban J connectivity index is 1.83. The summed E-state index contributed by atoms with van der Waals surface area (Å²) in [6, 6.07) is 13.9. The summed E-state index contributed by atoms with van der Waals surface area (Å²) >= 11 is 0. The maximum atomic E-state index is 11.8. The van der Waals surface area contributed by atoms with E-state index in [-0.39, 0.29) is 12.5 Å². The average molecular weight is 353 g/mol. The number of ether oxygens (including phenoxy) is 1. The highest BCUT2D eigenvalue weighted by atomic mass is 16.5. The molecule has 2 aromatic carbocycles. The number of anilines is 1. The van der Waals surface area contributed by atoms with Gasteiger partial charge in [-0.25, -0.2) is 5.43 Å². The fourth-order valence-corrected chi connectivity index (χ4v) is 2.68. The molecule has 138 valence electrons. The van der Waals surface area contributed by atoms with Crippen molar-refractivity contribution in [1.29, 1.82) is 0 Å². The Morgan fingerprint density at radius 2 is 1.81 bits per heavy atom. The summed E-state index contributed by atoms with van der Waals surface area (Å²) in [6.07, 6.45) is 1.63. The number of nitrogens with zero attached hydrogens (tertiary/aromatic N) is 2. The van der Waals surface area contributed by atoms with Crippen LogP contribution in [0, 0.1) is 13.8 Å². The van der Waals surface area contributed by atoms with Crippen LogP contribution in [0.5, 0.6) is 5.75 Å². The van der Waals surface area contributed by atoms with Crippen LogP contribution in [0.3, 0.4) is 0 Å². The summed E-state index contributed by atoms with van der Waals surface area (Å²) in [5.41, 5.74) is 6.76. The van der Waals surface area contributed by atoms with E-state index < -0.39 is 0 Å². The first-order chi connectivity index (χ1) is 12.5. The average Bonchev–Trinajstić information content (AvgIpc) is 2.63. The minimum absolute atomic E-state index is 0.0673. The zero-order chi connectivity index (χ0) is 18.9. The van der Waals surface area contributed by atoms with Gasteiger partial charge in [0.15, 0.2) is 6.61 Å². The lowest BCUT2D eigenvalue weighted by molar-refractivity contribution is -0.123. The molecule has 1 N–H and O–H groups in total. The lowest BCUT2D eigenvalue weighted by atomic mass is 10.1. The maximum absolute atomic E-state index is 11.8. The first-order valence-corrected chi connectivity index (χ1v) is 8.90. The van der Waals surface area contributed by atoms with Crippen LogP contribution in [0.2, 0.25) is 0 Å². The highest BCUT2D eigenvalue weighted by Gasteiger charge is 2.04. The number of amides is 1. The monoisotopic (exact) mass is 353 g/mol. The molecule has 0 aliphatic carbocycles. The van der Waals surface area contributed by atoms with Crippen LogP contribution in [0.25, 0.3) is 0 Å². The van der Waals surface area contributed by atoms with Gasteiger partial charge in [-0.2, -0.15) is 5.10 Å². The molecule has 5 nitrogen and oxygen atoms in total. The Hall–Kier alpha value is -2.82. The number of aryl methyl sites for hydroxylation is 2. The van der Waals surface area contributed by atoms with Crippen molar-refractivity contribution >= 4 is 17.8 Å². The molecule has 0 saturated carbocycles. The Morgan fingerprint density at radius 3 is 2.42 bits per heavy atom. The van der Waals surface area contributed by atoms with E-state index in [2.05, 4.69) is 41.4 Å². The molecule has 0 atom stereocenters. The standard InChI is InChI=1S/C21H27N3O2/c1-5-24(6-2)19-10-8-18(9-11-19)14-22-23-21(25)15-26-20-12-7-16(3)13-17(20)4/h7-14H,5-6,15H2,1-4H3,(H,23,25). The van der Waals surface area contributed by atoms with Crippen molar-refractivity contribution in [2.24, 2.45) is 5.10 Å². The second kappa shape index (κ2) is 9.61. The third kappa shape index (κ3) is 5.62. The van der Waals surface area contributed by atoms with Crippen LogP contribution in [0.15, 0.2) is 47.6 Å². The minimum Gasteiger partial charge on any atom is -0.483 e. The summed E-state index contributed by atoms with van der Waals surface area (Å²) in [6.45, 7) is 10.1. The fourth-order valence-electron chi connectivity index (χ4n) is 2.68. The van der Waals surface area contributed by atoms with E-state index in [4.69, 9.17) is 4.74 Å². The van der Waals surface area contributed by atoms with Crippen molar-refractivity contribution in [2.45, 2.75) is 27.7 Å². The summed E-state index contributed by atoms with van der Waals surface area (Å²) in [5, 5.41) is 3.99. The maximum Gasteiger partial charge on any atom is 0.277 e. The second-order valence-electron chi connectivity index (χ2n) is 6.11. The molecule has 1 amide bonds. The van der Waals surface area contributed by atoms with Crippen LogP contribution < -0.4 is 15.1 Å². The Labute approximate surface area is 155 Å². The van der Waals surface area contributed by atoms with Crippen LogP contribution >= 0.6 is 0 Å². The van der Waals surface area contributed by atoms with Crippen molar-refractivity contribution < 1.29 is 9.53 Å². The molecule has 0 spiro atoms. The van der Waals surface area contributed by atoms with E-state index in [1.807, 2.05) is 44.2 Å². The Bertz CT molecular complexity index is 750. The van der Waals surface area contributed by atoms with Gasteiger partial charge in [0.05, 0.1) is 6.21 Å². The molecule has 0 unspecified atom stereocenters. The number of nitrogens with one attached hydrogen (secondary N) is 1. The number of rotatable bonds is 8. The number of hydrogen-bond donors (Lipinski definition) is 1. The van der Waals surface area contributed by atoms with Gasteiger partial charge in [-0.05, 0) is 57.0 Å². The first-order valence-electron chi connectivity index (χ1n) is 8.90. The van der Waals surface area contributed by atoms with Gasteiger partial charge in [-0.1, -0.05) is 29.8 Å². The van der Waals surface area contributed by atoms with Gasteiger partial charge in [0.25, 0.3) is 5.91 Å². The molecular weight excluding hydrogens is 326 g/mol. The van der Waals surface area contributed by atoms with Crippen molar-refractivity contribution in [3.05, 3.63) is 59.2 Å². The minimum atomic E-state index is -0.291. The summed E-state index contributed by atoms with van der Waals surface area (Å²) in [5.74, 6) is 0.419. The molecule has 26 heavy (non-hydrogen) atoms. The molecule has 0 aliphatic heterocycles. The topological polar surface area (TPSA) is 53.9 Å². The van der Waals surface area contributed by atoms with Crippen LogP contribution in [-0.2, 0) is 4.79 Å². The van der Waals surface area contributed by atoms with Crippen molar-refractivity contribution in [3.63, 3.8) is 0 Å². The van der Waals surface area contributed by atoms with E-state index in [1.165, 1.54) is 5.69 Å². The molecular formula is C21H27N3O2. The van der Waals surface area contributed by atoms with Crippen molar-refractivity contribution in [2.75, 3.05) is 24.6 Å². The second-order valence-corrected chi connectivity index (χ2v) is 6.11.